The van der Waals surface area contributed by atoms with Crippen molar-refractivity contribution in [3.8, 4) is 5.75 Å². The van der Waals surface area contributed by atoms with Gasteiger partial charge in [-0.05, 0) is 80.2 Å². The summed E-state index contributed by atoms with van der Waals surface area (Å²) in [6, 6.07) is 16.4. The molecule has 6 nitrogen and oxygen atoms in total. The lowest BCUT2D eigenvalue weighted by Gasteiger charge is -2.34. The summed E-state index contributed by atoms with van der Waals surface area (Å²) in [5.74, 6) is -1.15. The number of carbonyl (C=O) groups is 2. The second-order valence-electron chi connectivity index (χ2n) is 9.18. The van der Waals surface area contributed by atoms with Gasteiger partial charge < -0.3 is 15.5 Å². The molecule has 1 unspecified atom stereocenters. The number of fused-ring (bicyclic) bond motifs is 1. The number of carboxylic acid groups (broad SMARTS) is 1. The fraction of sp³-hybridized carbons (Fsp3) is 0.379. The van der Waals surface area contributed by atoms with Crippen molar-refractivity contribution < 1.29 is 19.8 Å². The number of aromatic carboxylic acids is 1. The van der Waals surface area contributed by atoms with Crippen LogP contribution in [-0.2, 0) is 4.79 Å². The number of nitrogens with one attached hydrogen (secondary N) is 1. The Kier molecular flexibility index (Phi) is 9.26. The highest BCUT2D eigenvalue weighted by atomic mass is 16.4. The van der Waals surface area contributed by atoms with E-state index >= 15 is 0 Å². The Labute approximate surface area is 207 Å². The zero-order chi connectivity index (χ0) is 25.4. The Morgan fingerprint density at radius 3 is 2.29 bits per heavy atom. The molecule has 3 aromatic rings. The molecule has 4 rings (SSSR count). The van der Waals surface area contributed by atoms with Crippen molar-refractivity contribution in [3.63, 3.8) is 0 Å². The van der Waals surface area contributed by atoms with E-state index in [-0.39, 0.29) is 23.3 Å². The molecule has 0 bridgehead atoms. The molecule has 0 spiro atoms. The molecular weight excluding hydrogens is 440 g/mol. The van der Waals surface area contributed by atoms with E-state index in [4.69, 9.17) is 5.11 Å². The minimum atomic E-state index is -1.12. The third-order valence-corrected chi connectivity index (χ3v) is 6.54. The lowest BCUT2D eigenvalue weighted by Crippen LogP contribution is -2.47. The van der Waals surface area contributed by atoms with Gasteiger partial charge in [0.25, 0.3) is 0 Å². The monoisotopic (exact) mass is 476 g/mol. The van der Waals surface area contributed by atoms with E-state index in [1.165, 1.54) is 31.4 Å². The SMILES string of the molecule is CCCCN1CCCCC1C(=O)Nc1c(C)cccc1C.O=C(O)c1cc2ccccc2cc1O. The molecule has 1 aliphatic rings. The van der Waals surface area contributed by atoms with Crippen molar-refractivity contribution in [3.05, 3.63) is 71.3 Å². The number of rotatable bonds is 6. The quantitative estimate of drug-likeness (QED) is 0.398. The normalized spacial score (nSPS) is 15.8. The zero-order valence-corrected chi connectivity index (χ0v) is 20.9. The average molecular weight is 477 g/mol. The molecule has 35 heavy (non-hydrogen) atoms. The predicted octanol–water partition coefficient (Wildman–Crippen LogP) is 6.14. The second-order valence-corrected chi connectivity index (χ2v) is 9.18. The Bertz CT molecular complexity index is 1150. The van der Waals surface area contributed by atoms with Crippen molar-refractivity contribution >= 4 is 28.3 Å². The van der Waals surface area contributed by atoms with E-state index in [1.54, 1.807) is 6.07 Å². The largest absolute Gasteiger partial charge is 0.507 e. The number of carboxylic acids is 1. The molecule has 0 saturated carbocycles. The Morgan fingerprint density at radius 1 is 1.00 bits per heavy atom. The number of para-hydroxylation sites is 1. The molecule has 186 valence electrons. The van der Waals surface area contributed by atoms with Crippen LogP contribution in [0.5, 0.6) is 5.75 Å². The first kappa shape index (κ1) is 26.2. The van der Waals surface area contributed by atoms with Crippen LogP contribution in [0.1, 0.15) is 60.5 Å². The molecule has 3 aromatic carbocycles. The Morgan fingerprint density at radius 2 is 1.66 bits per heavy atom. The molecule has 0 radical (unpaired) electrons. The lowest BCUT2D eigenvalue weighted by atomic mass is 10.00. The van der Waals surface area contributed by atoms with Gasteiger partial charge in [0.2, 0.25) is 5.91 Å². The number of aryl methyl sites for hydroxylation is 2. The molecule has 0 aliphatic carbocycles. The predicted molar refractivity (Wildman–Crippen MR) is 141 cm³/mol. The van der Waals surface area contributed by atoms with Gasteiger partial charge in [-0.15, -0.1) is 0 Å². The molecule has 1 atom stereocenters. The zero-order valence-electron chi connectivity index (χ0n) is 20.9. The number of likely N-dealkylation sites (tertiary alicyclic amines) is 1. The summed E-state index contributed by atoms with van der Waals surface area (Å²) in [5.41, 5.74) is 3.20. The fourth-order valence-electron chi connectivity index (χ4n) is 4.53. The van der Waals surface area contributed by atoms with Gasteiger partial charge in [0.1, 0.15) is 11.3 Å². The molecule has 1 fully saturated rings. The number of anilines is 1. The van der Waals surface area contributed by atoms with Crippen LogP contribution < -0.4 is 5.32 Å². The summed E-state index contributed by atoms with van der Waals surface area (Å²) in [4.78, 5) is 25.8. The first-order chi connectivity index (χ1) is 16.8. The van der Waals surface area contributed by atoms with Crippen LogP contribution in [0.25, 0.3) is 10.8 Å². The number of hydrogen-bond donors (Lipinski definition) is 3. The van der Waals surface area contributed by atoms with Crippen LogP contribution in [0.4, 0.5) is 5.69 Å². The highest BCUT2D eigenvalue weighted by molar-refractivity contribution is 5.97. The summed E-state index contributed by atoms with van der Waals surface area (Å²) in [6.45, 7) is 8.42. The van der Waals surface area contributed by atoms with Gasteiger partial charge in [-0.2, -0.15) is 0 Å². The topological polar surface area (TPSA) is 89.9 Å². The van der Waals surface area contributed by atoms with E-state index in [1.807, 2.05) is 24.3 Å². The standard InChI is InChI=1S/C18H28N2O.C11H8O3/c1-4-5-12-20-13-7-6-11-16(20)18(21)19-17-14(2)9-8-10-15(17)3;12-10-6-8-4-2-1-3-7(8)5-9(10)11(13)14/h8-10,16H,4-7,11-13H2,1-3H3,(H,19,21);1-6,12H,(H,13,14). The molecule has 1 aliphatic heterocycles. The maximum absolute atomic E-state index is 12.7. The number of aromatic hydroxyl groups is 1. The maximum atomic E-state index is 12.7. The van der Waals surface area contributed by atoms with Crippen LogP contribution >= 0.6 is 0 Å². The minimum Gasteiger partial charge on any atom is -0.507 e. The third kappa shape index (κ3) is 6.83. The highest BCUT2D eigenvalue weighted by Crippen LogP contribution is 2.25. The van der Waals surface area contributed by atoms with Crippen molar-refractivity contribution in [2.75, 3.05) is 18.4 Å². The maximum Gasteiger partial charge on any atom is 0.339 e. The molecule has 1 saturated heterocycles. The van der Waals surface area contributed by atoms with Crippen LogP contribution in [0.3, 0.4) is 0 Å². The van der Waals surface area contributed by atoms with E-state index in [0.29, 0.717) is 0 Å². The van der Waals surface area contributed by atoms with Crippen LogP contribution in [0.2, 0.25) is 0 Å². The number of hydrogen-bond acceptors (Lipinski definition) is 4. The molecular formula is C29H36N2O4. The van der Waals surface area contributed by atoms with Crippen molar-refractivity contribution in [1.29, 1.82) is 0 Å². The van der Waals surface area contributed by atoms with Crippen molar-refractivity contribution in [1.82, 2.24) is 4.90 Å². The highest BCUT2D eigenvalue weighted by Gasteiger charge is 2.28. The van der Waals surface area contributed by atoms with E-state index in [9.17, 15) is 14.7 Å². The first-order valence-electron chi connectivity index (χ1n) is 12.4. The third-order valence-electron chi connectivity index (χ3n) is 6.54. The molecule has 0 aromatic heterocycles. The Hall–Kier alpha value is -3.38. The molecule has 6 heteroatoms. The van der Waals surface area contributed by atoms with Crippen LogP contribution in [0, 0.1) is 13.8 Å². The first-order valence-corrected chi connectivity index (χ1v) is 12.4. The van der Waals surface area contributed by atoms with Gasteiger partial charge in [0.05, 0.1) is 6.04 Å². The van der Waals surface area contributed by atoms with Crippen LogP contribution in [-0.4, -0.2) is 46.1 Å². The van der Waals surface area contributed by atoms with Gasteiger partial charge in [-0.3, -0.25) is 9.69 Å². The van der Waals surface area contributed by atoms with E-state index in [0.717, 1.165) is 53.5 Å². The molecule has 3 N–H and O–H groups in total. The van der Waals surface area contributed by atoms with Gasteiger partial charge in [0.15, 0.2) is 0 Å². The van der Waals surface area contributed by atoms with Crippen molar-refractivity contribution in [2.24, 2.45) is 0 Å². The summed E-state index contributed by atoms with van der Waals surface area (Å²) in [6.07, 6.45) is 5.72. The van der Waals surface area contributed by atoms with Gasteiger partial charge in [0, 0.05) is 5.69 Å². The minimum absolute atomic E-state index is 0.0457. The summed E-state index contributed by atoms with van der Waals surface area (Å²) in [5, 5.41) is 23.0. The fourth-order valence-corrected chi connectivity index (χ4v) is 4.53. The summed E-state index contributed by atoms with van der Waals surface area (Å²) in [7, 11) is 0. The number of nitrogens with zero attached hydrogens (tertiary/aromatic N) is 1. The number of carbonyl (C=O) groups excluding carboxylic acids is 1. The summed E-state index contributed by atoms with van der Waals surface area (Å²) < 4.78 is 0. The number of piperidine rings is 1. The number of phenols is 1. The summed E-state index contributed by atoms with van der Waals surface area (Å²) >= 11 is 0. The van der Waals surface area contributed by atoms with Crippen molar-refractivity contribution in [2.45, 2.75) is 58.9 Å². The molecule has 1 heterocycles. The lowest BCUT2D eigenvalue weighted by molar-refractivity contribution is -0.122. The number of unbranched alkanes of at least 4 members (excludes halogenated alkanes) is 1. The smallest absolute Gasteiger partial charge is 0.339 e. The second kappa shape index (κ2) is 12.4. The molecule has 1 amide bonds. The van der Waals surface area contributed by atoms with Gasteiger partial charge in [-0.25, -0.2) is 4.79 Å². The average Bonchev–Trinajstić information content (AvgIpc) is 2.85. The number of amides is 1. The van der Waals surface area contributed by atoms with Gasteiger partial charge >= 0.3 is 5.97 Å². The Balaban J connectivity index is 0.000000211. The van der Waals surface area contributed by atoms with E-state index < -0.39 is 5.97 Å². The van der Waals surface area contributed by atoms with Gasteiger partial charge in [-0.1, -0.05) is 62.2 Å². The van der Waals surface area contributed by atoms with E-state index in [2.05, 4.69) is 43.1 Å². The van der Waals surface area contributed by atoms with Crippen LogP contribution in [0.15, 0.2) is 54.6 Å². The number of benzene rings is 3.